The molecule has 2 saturated carbocycles. The molecule has 0 N–H and O–H groups in total. The van der Waals surface area contributed by atoms with E-state index < -0.39 is 0 Å². The van der Waals surface area contributed by atoms with E-state index in [1.54, 1.807) is 0 Å². The molecule has 24 heavy (non-hydrogen) atoms. The van der Waals surface area contributed by atoms with Crippen molar-refractivity contribution in [1.82, 2.24) is 0 Å². The third kappa shape index (κ3) is 4.40. The van der Waals surface area contributed by atoms with Crippen molar-refractivity contribution in [1.29, 1.82) is 0 Å². The molecule has 0 heterocycles. The number of ether oxygens (including phenoxy) is 1. The first-order chi connectivity index (χ1) is 11.4. The van der Waals surface area contributed by atoms with E-state index in [-0.39, 0.29) is 0 Å². The first-order valence-electron chi connectivity index (χ1n) is 9.70. The van der Waals surface area contributed by atoms with E-state index in [1.165, 1.54) is 31.2 Å². The molecule has 0 amide bonds. The molecule has 3 rings (SSSR count). The number of ketones is 1. The van der Waals surface area contributed by atoms with Crippen molar-refractivity contribution in [3.05, 3.63) is 29.8 Å². The summed E-state index contributed by atoms with van der Waals surface area (Å²) in [6.07, 6.45) is 8.92. The van der Waals surface area contributed by atoms with E-state index in [0.717, 1.165) is 37.4 Å². The fourth-order valence-corrected chi connectivity index (χ4v) is 4.37. The lowest BCUT2D eigenvalue weighted by Gasteiger charge is -2.37. The van der Waals surface area contributed by atoms with Crippen LogP contribution in [0.2, 0.25) is 0 Å². The Balaban J connectivity index is 1.53. The Labute approximate surface area is 147 Å². The average Bonchev–Trinajstić information content (AvgIpc) is 2.55. The average molecular weight is 328 g/mol. The predicted molar refractivity (Wildman–Crippen MR) is 98.5 cm³/mol. The second-order valence-corrected chi connectivity index (χ2v) is 8.86. The number of Topliss-reactive ketones (excluding diaryl/α,β-unsaturated/α-hetero) is 1. The topological polar surface area (TPSA) is 26.3 Å². The van der Waals surface area contributed by atoms with Gasteiger partial charge in [-0.1, -0.05) is 32.9 Å². The largest absolute Gasteiger partial charge is 0.490 e. The summed E-state index contributed by atoms with van der Waals surface area (Å²) in [6, 6.07) is 8.54. The van der Waals surface area contributed by atoms with E-state index in [9.17, 15) is 4.79 Å². The summed E-state index contributed by atoms with van der Waals surface area (Å²) in [5, 5.41) is 0. The standard InChI is InChI=1S/C22H32O2/c1-22(2,3)18-9-13-21(14-10-18)24-20-11-7-16(8-12-20)17-5-4-6-19(23)15-17/h7-8,11-12,17-18,21H,4-6,9-10,13-15H2,1-3H3. The minimum absolute atomic E-state index is 0.366. The summed E-state index contributed by atoms with van der Waals surface area (Å²) >= 11 is 0. The van der Waals surface area contributed by atoms with E-state index in [2.05, 4.69) is 45.0 Å². The highest BCUT2D eigenvalue weighted by Gasteiger charge is 2.30. The number of carbonyl (C=O) groups is 1. The van der Waals surface area contributed by atoms with Gasteiger partial charge in [0, 0.05) is 12.8 Å². The van der Waals surface area contributed by atoms with Crippen molar-refractivity contribution in [2.45, 2.75) is 84.2 Å². The molecule has 2 nitrogen and oxygen atoms in total. The van der Waals surface area contributed by atoms with Crippen LogP contribution >= 0.6 is 0 Å². The Bertz CT molecular complexity index is 544. The third-order valence-electron chi connectivity index (χ3n) is 6.04. The Morgan fingerprint density at radius 3 is 2.21 bits per heavy atom. The van der Waals surface area contributed by atoms with Crippen LogP contribution in [0.5, 0.6) is 5.75 Å². The molecule has 2 fully saturated rings. The number of benzene rings is 1. The summed E-state index contributed by atoms with van der Waals surface area (Å²) < 4.78 is 6.21. The first-order valence-corrected chi connectivity index (χ1v) is 9.70. The monoisotopic (exact) mass is 328 g/mol. The fourth-order valence-electron chi connectivity index (χ4n) is 4.37. The smallest absolute Gasteiger partial charge is 0.133 e. The van der Waals surface area contributed by atoms with Crippen LogP contribution in [0.25, 0.3) is 0 Å². The minimum Gasteiger partial charge on any atom is -0.490 e. The van der Waals surface area contributed by atoms with Crippen LogP contribution in [0.15, 0.2) is 24.3 Å². The van der Waals surface area contributed by atoms with Gasteiger partial charge in [0.05, 0.1) is 6.10 Å². The molecule has 1 atom stereocenters. The quantitative estimate of drug-likeness (QED) is 0.691. The van der Waals surface area contributed by atoms with Gasteiger partial charge in [0.25, 0.3) is 0 Å². The number of rotatable bonds is 3. The molecule has 2 heteroatoms. The van der Waals surface area contributed by atoms with Crippen molar-refractivity contribution in [3.63, 3.8) is 0 Å². The summed E-state index contributed by atoms with van der Waals surface area (Å²) in [4.78, 5) is 11.6. The maximum absolute atomic E-state index is 11.6. The Hall–Kier alpha value is -1.31. The van der Waals surface area contributed by atoms with Crippen molar-refractivity contribution in [2.75, 3.05) is 0 Å². The first kappa shape index (κ1) is 17.5. The molecule has 132 valence electrons. The maximum Gasteiger partial charge on any atom is 0.133 e. The highest BCUT2D eigenvalue weighted by Crippen LogP contribution is 2.39. The molecule has 0 aliphatic heterocycles. The molecular weight excluding hydrogens is 296 g/mol. The zero-order valence-electron chi connectivity index (χ0n) is 15.5. The highest BCUT2D eigenvalue weighted by molar-refractivity contribution is 5.80. The van der Waals surface area contributed by atoms with E-state index >= 15 is 0 Å². The van der Waals surface area contributed by atoms with Gasteiger partial charge in [-0.2, -0.15) is 0 Å². The molecule has 0 saturated heterocycles. The Morgan fingerprint density at radius 1 is 0.958 bits per heavy atom. The van der Waals surface area contributed by atoms with E-state index in [4.69, 9.17) is 4.74 Å². The van der Waals surface area contributed by atoms with Gasteiger partial charge in [-0.15, -0.1) is 0 Å². The van der Waals surface area contributed by atoms with Crippen molar-refractivity contribution in [3.8, 4) is 5.75 Å². The molecule has 1 unspecified atom stereocenters. The van der Waals surface area contributed by atoms with Crippen molar-refractivity contribution >= 4 is 5.78 Å². The number of carbonyl (C=O) groups excluding carboxylic acids is 1. The van der Waals surface area contributed by atoms with Crippen LogP contribution in [0.3, 0.4) is 0 Å². The van der Waals surface area contributed by atoms with E-state index in [1.807, 2.05) is 0 Å². The van der Waals surface area contributed by atoms with Crippen molar-refractivity contribution in [2.24, 2.45) is 11.3 Å². The zero-order chi connectivity index (χ0) is 17.2. The van der Waals surface area contributed by atoms with Crippen LogP contribution in [-0.4, -0.2) is 11.9 Å². The normalized spacial score (nSPS) is 28.6. The van der Waals surface area contributed by atoms with Gasteiger partial charge in [0.1, 0.15) is 11.5 Å². The highest BCUT2D eigenvalue weighted by atomic mass is 16.5. The molecule has 0 bridgehead atoms. The summed E-state index contributed by atoms with van der Waals surface area (Å²) in [6.45, 7) is 7.06. The SMILES string of the molecule is CC(C)(C)C1CCC(Oc2ccc(C3CCCC(=O)C3)cc2)CC1. The van der Waals surface area contributed by atoms with Gasteiger partial charge in [-0.3, -0.25) is 4.79 Å². The van der Waals surface area contributed by atoms with Gasteiger partial charge in [-0.25, -0.2) is 0 Å². The lowest BCUT2D eigenvalue weighted by molar-refractivity contribution is -0.120. The summed E-state index contributed by atoms with van der Waals surface area (Å²) in [5.41, 5.74) is 1.72. The summed E-state index contributed by atoms with van der Waals surface area (Å²) in [5.74, 6) is 2.65. The van der Waals surface area contributed by atoms with Gasteiger partial charge in [0.2, 0.25) is 0 Å². The number of hydrogen-bond acceptors (Lipinski definition) is 2. The van der Waals surface area contributed by atoms with Crippen LogP contribution in [0.1, 0.15) is 83.6 Å². The molecule has 2 aliphatic carbocycles. The number of hydrogen-bond donors (Lipinski definition) is 0. The van der Waals surface area contributed by atoms with E-state index in [0.29, 0.717) is 23.2 Å². The lowest BCUT2D eigenvalue weighted by atomic mass is 9.72. The summed E-state index contributed by atoms with van der Waals surface area (Å²) in [7, 11) is 0. The molecule has 1 aromatic rings. The fraction of sp³-hybridized carbons (Fsp3) is 0.682. The Morgan fingerprint density at radius 2 is 1.62 bits per heavy atom. The van der Waals surface area contributed by atoms with Crippen LogP contribution < -0.4 is 4.74 Å². The van der Waals surface area contributed by atoms with Crippen molar-refractivity contribution < 1.29 is 9.53 Å². The lowest BCUT2D eigenvalue weighted by Crippen LogP contribution is -2.30. The van der Waals surface area contributed by atoms with Gasteiger partial charge in [-0.05, 0) is 73.5 Å². The second kappa shape index (κ2) is 7.29. The zero-order valence-corrected chi connectivity index (χ0v) is 15.5. The molecular formula is C22H32O2. The maximum atomic E-state index is 11.6. The molecule has 2 aliphatic rings. The third-order valence-corrected chi connectivity index (χ3v) is 6.04. The van der Waals surface area contributed by atoms with Crippen LogP contribution in [0.4, 0.5) is 0 Å². The van der Waals surface area contributed by atoms with Gasteiger partial charge < -0.3 is 4.74 Å². The van der Waals surface area contributed by atoms with Gasteiger partial charge in [0.15, 0.2) is 0 Å². The molecule has 0 aromatic heterocycles. The second-order valence-electron chi connectivity index (χ2n) is 8.86. The Kier molecular flexibility index (Phi) is 5.32. The molecule has 0 spiro atoms. The van der Waals surface area contributed by atoms with Crippen LogP contribution in [-0.2, 0) is 4.79 Å². The minimum atomic E-state index is 0.366. The molecule has 1 aromatic carbocycles. The van der Waals surface area contributed by atoms with Gasteiger partial charge >= 0.3 is 0 Å². The predicted octanol–water partition coefficient (Wildman–Crippen LogP) is 5.90. The van der Waals surface area contributed by atoms with Crippen LogP contribution in [0, 0.1) is 11.3 Å². The molecule has 0 radical (unpaired) electrons.